The number of aromatic nitrogens is 1. The molecule has 0 saturated carbocycles. The third-order valence-corrected chi connectivity index (χ3v) is 3.83. The second-order valence-electron chi connectivity index (χ2n) is 4.81. The zero-order valence-electron chi connectivity index (χ0n) is 10.4. The summed E-state index contributed by atoms with van der Waals surface area (Å²) in [5.41, 5.74) is 1.12. The van der Waals surface area contributed by atoms with Gasteiger partial charge in [0, 0.05) is 17.1 Å². The van der Waals surface area contributed by atoms with E-state index >= 15 is 0 Å². The highest BCUT2D eigenvalue weighted by Gasteiger charge is 2.25. The van der Waals surface area contributed by atoms with Crippen molar-refractivity contribution in [3.8, 4) is 0 Å². The zero-order chi connectivity index (χ0) is 13.2. The molecule has 1 aliphatic rings. The largest absolute Gasteiger partial charge is 0.384 e. The molecule has 5 heteroatoms. The SMILES string of the molecule is O=c1ccon1[C@H]1CCN[C@H](c2ccc(Cl)cc2)C1. The summed E-state index contributed by atoms with van der Waals surface area (Å²) in [6.07, 6.45) is 3.19. The van der Waals surface area contributed by atoms with Crippen molar-refractivity contribution in [3.63, 3.8) is 0 Å². The second kappa shape index (κ2) is 5.23. The summed E-state index contributed by atoms with van der Waals surface area (Å²) in [5.74, 6) is 0. The molecule has 3 rings (SSSR count). The van der Waals surface area contributed by atoms with Gasteiger partial charge in [0.2, 0.25) is 0 Å². The predicted molar refractivity (Wildman–Crippen MR) is 73.4 cm³/mol. The fraction of sp³-hybridized carbons (Fsp3) is 0.357. The van der Waals surface area contributed by atoms with E-state index in [1.54, 1.807) is 0 Å². The number of nitrogens with zero attached hydrogens (tertiary/aromatic N) is 1. The maximum absolute atomic E-state index is 11.6. The van der Waals surface area contributed by atoms with E-state index < -0.39 is 0 Å². The molecule has 0 bridgehead atoms. The molecule has 1 saturated heterocycles. The van der Waals surface area contributed by atoms with Gasteiger partial charge in [0.1, 0.15) is 6.26 Å². The molecule has 0 aliphatic carbocycles. The van der Waals surface area contributed by atoms with Crippen LogP contribution < -0.4 is 10.9 Å². The van der Waals surface area contributed by atoms with Gasteiger partial charge in [-0.1, -0.05) is 23.7 Å². The minimum Gasteiger partial charge on any atom is -0.384 e. The number of halogens is 1. The Kier molecular flexibility index (Phi) is 3.44. The lowest BCUT2D eigenvalue weighted by Crippen LogP contribution is -2.35. The number of benzene rings is 1. The van der Waals surface area contributed by atoms with E-state index in [-0.39, 0.29) is 17.6 Å². The van der Waals surface area contributed by atoms with Crippen molar-refractivity contribution in [3.05, 3.63) is 57.5 Å². The van der Waals surface area contributed by atoms with E-state index in [0.29, 0.717) is 0 Å². The van der Waals surface area contributed by atoms with Crippen molar-refractivity contribution in [2.24, 2.45) is 0 Å². The second-order valence-corrected chi connectivity index (χ2v) is 5.25. The fourth-order valence-corrected chi connectivity index (χ4v) is 2.73. The molecular formula is C14H15ClN2O2. The molecule has 0 radical (unpaired) electrons. The minimum atomic E-state index is -0.0678. The van der Waals surface area contributed by atoms with Crippen molar-refractivity contribution in [2.75, 3.05) is 6.54 Å². The third kappa shape index (κ3) is 2.60. The lowest BCUT2D eigenvalue weighted by molar-refractivity contribution is 0.161. The minimum absolute atomic E-state index is 0.0678. The van der Waals surface area contributed by atoms with Gasteiger partial charge in [-0.2, -0.15) is 4.74 Å². The van der Waals surface area contributed by atoms with Crippen molar-refractivity contribution in [2.45, 2.75) is 24.9 Å². The van der Waals surface area contributed by atoms with Gasteiger partial charge >= 0.3 is 0 Å². The molecule has 100 valence electrons. The van der Waals surface area contributed by atoms with Crippen LogP contribution in [0.2, 0.25) is 5.02 Å². The van der Waals surface area contributed by atoms with Crippen LogP contribution in [0.25, 0.3) is 0 Å². The maximum atomic E-state index is 11.6. The summed E-state index contributed by atoms with van der Waals surface area (Å²) in [6.45, 7) is 0.866. The lowest BCUT2D eigenvalue weighted by atomic mass is 9.94. The summed E-state index contributed by atoms with van der Waals surface area (Å²) in [5, 5.41) is 4.20. The van der Waals surface area contributed by atoms with Gasteiger partial charge in [-0.25, -0.2) is 0 Å². The molecule has 0 spiro atoms. The first-order valence-electron chi connectivity index (χ1n) is 6.39. The fourth-order valence-electron chi connectivity index (χ4n) is 2.61. The van der Waals surface area contributed by atoms with Crippen LogP contribution in [0.15, 0.2) is 45.9 Å². The van der Waals surface area contributed by atoms with Crippen LogP contribution in [0, 0.1) is 0 Å². The summed E-state index contributed by atoms with van der Waals surface area (Å²) in [6, 6.07) is 9.63. The van der Waals surface area contributed by atoms with Gasteiger partial charge in [-0.15, -0.1) is 0 Å². The van der Waals surface area contributed by atoms with E-state index in [1.165, 1.54) is 22.6 Å². The van der Waals surface area contributed by atoms with E-state index in [1.807, 2.05) is 24.3 Å². The van der Waals surface area contributed by atoms with Crippen LogP contribution in [-0.2, 0) is 0 Å². The smallest absolute Gasteiger partial charge is 0.282 e. The highest BCUT2D eigenvalue weighted by atomic mass is 35.5. The van der Waals surface area contributed by atoms with Gasteiger partial charge in [-0.05, 0) is 37.1 Å². The molecule has 0 unspecified atom stereocenters. The summed E-state index contributed by atoms with van der Waals surface area (Å²) >= 11 is 5.90. The lowest BCUT2D eigenvalue weighted by Gasteiger charge is -2.30. The Morgan fingerprint density at radius 2 is 2.05 bits per heavy atom. The summed E-state index contributed by atoms with van der Waals surface area (Å²) < 4.78 is 6.74. The van der Waals surface area contributed by atoms with Crippen LogP contribution in [0.5, 0.6) is 0 Å². The normalized spacial score (nSPS) is 23.4. The standard InChI is InChI=1S/C14H15ClN2O2/c15-11-3-1-10(2-4-11)13-9-12(5-7-16-13)17-14(18)6-8-19-17/h1-4,6,8,12-13,16H,5,7,9H2/t12-,13-/m0/s1. The molecule has 2 aromatic rings. The topological polar surface area (TPSA) is 47.2 Å². The molecule has 0 amide bonds. The molecule has 1 fully saturated rings. The molecule has 2 heterocycles. The molecule has 4 nitrogen and oxygen atoms in total. The van der Waals surface area contributed by atoms with Crippen molar-refractivity contribution >= 4 is 11.6 Å². The average molecular weight is 279 g/mol. The Morgan fingerprint density at radius 3 is 2.74 bits per heavy atom. The molecule has 1 aromatic heterocycles. The molecule has 1 N–H and O–H groups in total. The van der Waals surface area contributed by atoms with Gasteiger partial charge in [0.15, 0.2) is 0 Å². The Hall–Kier alpha value is -1.52. The van der Waals surface area contributed by atoms with Crippen LogP contribution in [-0.4, -0.2) is 11.3 Å². The molecule has 1 aliphatic heterocycles. The van der Waals surface area contributed by atoms with Gasteiger partial charge in [-0.3, -0.25) is 4.79 Å². The van der Waals surface area contributed by atoms with Crippen molar-refractivity contribution < 1.29 is 4.52 Å². The summed E-state index contributed by atoms with van der Waals surface area (Å²) in [7, 11) is 0. The number of hydrogen-bond acceptors (Lipinski definition) is 3. The van der Waals surface area contributed by atoms with Crippen LogP contribution >= 0.6 is 11.6 Å². The molecule has 1 aromatic carbocycles. The van der Waals surface area contributed by atoms with Gasteiger partial charge in [0.05, 0.1) is 6.04 Å². The van der Waals surface area contributed by atoms with Crippen LogP contribution in [0.4, 0.5) is 0 Å². The quantitative estimate of drug-likeness (QED) is 0.919. The van der Waals surface area contributed by atoms with E-state index in [4.69, 9.17) is 16.1 Å². The Bertz CT molecular complexity index is 602. The Morgan fingerprint density at radius 1 is 1.26 bits per heavy atom. The predicted octanol–water partition coefficient (Wildman–Crippen LogP) is 2.76. The van der Waals surface area contributed by atoms with E-state index in [0.717, 1.165) is 24.4 Å². The number of hydrogen-bond donors (Lipinski definition) is 1. The van der Waals surface area contributed by atoms with Gasteiger partial charge < -0.3 is 9.84 Å². The average Bonchev–Trinajstić information content (AvgIpc) is 2.86. The van der Waals surface area contributed by atoms with Crippen LogP contribution in [0.1, 0.15) is 30.5 Å². The first kappa shape index (κ1) is 12.5. The van der Waals surface area contributed by atoms with Crippen molar-refractivity contribution in [1.29, 1.82) is 0 Å². The monoisotopic (exact) mass is 278 g/mol. The molecular weight excluding hydrogens is 264 g/mol. The maximum Gasteiger partial charge on any atom is 0.282 e. The number of nitrogens with one attached hydrogen (secondary N) is 1. The highest BCUT2D eigenvalue weighted by molar-refractivity contribution is 6.30. The Balaban J connectivity index is 1.80. The van der Waals surface area contributed by atoms with Crippen LogP contribution in [0.3, 0.4) is 0 Å². The van der Waals surface area contributed by atoms with Crippen molar-refractivity contribution in [1.82, 2.24) is 10.1 Å². The first-order chi connectivity index (χ1) is 9.24. The number of rotatable bonds is 2. The molecule has 2 atom stereocenters. The third-order valence-electron chi connectivity index (χ3n) is 3.58. The highest BCUT2D eigenvalue weighted by Crippen LogP contribution is 2.30. The number of piperidine rings is 1. The van der Waals surface area contributed by atoms with Gasteiger partial charge in [0.25, 0.3) is 5.56 Å². The zero-order valence-corrected chi connectivity index (χ0v) is 11.1. The summed E-state index contributed by atoms with van der Waals surface area (Å²) in [4.78, 5) is 11.6. The van der Waals surface area contributed by atoms with E-state index in [2.05, 4.69) is 5.32 Å². The molecule has 19 heavy (non-hydrogen) atoms. The first-order valence-corrected chi connectivity index (χ1v) is 6.77. The van der Waals surface area contributed by atoms with E-state index in [9.17, 15) is 4.79 Å². The Labute approximate surface area is 115 Å².